The molecule has 0 radical (unpaired) electrons. The van der Waals surface area contributed by atoms with Crippen molar-refractivity contribution < 1.29 is 4.74 Å². The van der Waals surface area contributed by atoms with E-state index < -0.39 is 0 Å². The van der Waals surface area contributed by atoms with E-state index in [1.54, 1.807) is 0 Å². The Morgan fingerprint density at radius 2 is 2.36 bits per heavy atom. The lowest BCUT2D eigenvalue weighted by Crippen LogP contribution is -2.43. The molecule has 2 fully saturated rings. The molecular formula is C11H22N2O. The average molecular weight is 198 g/mol. The molecule has 0 aliphatic carbocycles. The Bertz CT molecular complexity index is 169. The molecule has 14 heavy (non-hydrogen) atoms. The van der Waals surface area contributed by atoms with E-state index in [4.69, 9.17) is 4.74 Å². The third-order valence-corrected chi connectivity index (χ3v) is 3.30. The first-order chi connectivity index (χ1) is 6.84. The molecule has 0 aromatic heterocycles. The predicted molar refractivity (Wildman–Crippen MR) is 57.5 cm³/mol. The predicted octanol–water partition coefficient (Wildman–Crippen LogP) is 0.896. The van der Waals surface area contributed by atoms with Crippen LogP contribution >= 0.6 is 0 Å². The summed E-state index contributed by atoms with van der Waals surface area (Å²) in [4.78, 5) is 0. The Labute approximate surface area is 86.6 Å². The summed E-state index contributed by atoms with van der Waals surface area (Å²) in [5.74, 6) is 0. The highest BCUT2D eigenvalue weighted by atomic mass is 16.5. The molecule has 2 saturated heterocycles. The monoisotopic (exact) mass is 198 g/mol. The molecular weight excluding hydrogens is 176 g/mol. The fourth-order valence-electron chi connectivity index (χ4n) is 2.42. The van der Waals surface area contributed by atoms with Crippen LogP contribution in [0.3, 0.4) is 0 Å². The zero-order valence-electron chi connectivity index (χ0n) is 9.09. The molecule has 2 rings (SSSR count). The van der Waals surface area contributed by atoms with Gasteiger partial charge in [-0.05, 0) is 39.2 Å². The van der Waals surface area contributed by atoms with E-state index >= 15 is 0 Å². The molecule has 0 aromatic carbocycles. The summed E-state index contributed by atoms with van der Waals surface area (Å²) >= 11 is 0. The van der Waals surface area contributed by atoms with Crippen LogP contribution in [0.4, 0.5) is 0 Å². The van der Waals surface area contributed by atoms with Gasteiger partial charge < -0.3 is 15.4 Å². The van der Waals surface area contributed by atoms with E-state index in [0.29, 0.717) is 18.2 Å². The molecule has 0 aromatic rings. The molecule has 2 aliphatic heterocycles. The van der Waals surface area contributed by atoms with Gasteiger partial charge in [-0.2, -0.15) is 0 Å². The van der Waals surface area contributed by atoms with E-state index in [0.717, 1.165) is 13.2 Å². The van der Waals surface area contributed by atoms with Crippen molar-refractivity contribution in [1.29, 1.82) is 0 Å². The van der Waals surface area contributed by atoms with Crippen molar-refractivity contribution in [2.75, 3.05) is 19.7 Å². The molecule has 0 bridgehead atoms. The smallest absolute Gasteiger partial charge is 0.0561 e. The molecule has 3 atom stereocenters. The number of hydrogen-bond acceptors (Lipinski definition) is 3. The fraction of sp³-hybridized carbons (Fsp3) is 1.00. The molecule has 82 valence electrons. The maximum Gasteiger partial charge on any atom is 0.0561 e. The number of nitrogens with one attached hydrogen (secondary N) is 2. The molecule has 2 heterocycles. The topological polar surface area (TPSA) is 33.3 Å². The van der Waals surface area contributed by atoms with E-state index in [-0.39, 0.29) is 0 Å². The first kappa shape index (κ1) is 10.4. The van der Waals surface area contributed by atoms with Crippen molar-refractivity contribution in [2.45, 2.75) is 50.8 Å². The number of hydrogen-bond donors (Lipinski definition) is 2. The Morgan fingerprint density at radius 1 is 1.43 bits per heavy atom. The molecule has 2 aliphatic rings. The van der Waals surface area contributed by atoms with E-state index in [1.807, 2.05) is 0 Å². The molecule has 0 saturated carbocycles. The maximum atomic E-state index is 5.52. The van der Waals surface area contributed by atoms with Gasteiger partial charge in [0.1, 0.15) is 0 Å². The molecule has 0 spiro atoms. The van der Waals surface area contributed by atoms with Crippen molar-refractivity contribution >= 4 is 0 Å². The zero-order chi connectivity index (χ0) is 9.80. The lowest BCUT2D eigenvalue weighted by Gasteiger charge is -2.29. The Morgan fingerprint density at radius 3 is 3.07 bits per heavy atom. The van der Waals surface area contributed by atoms with Crippen LogP contribution in [-0.2, 0) is 4.74 Å². The summed E-state index contributed by atoms with van der Waals surface area (Å²) in [6.45, 7) is 5.44. The Kier molecular flexibility index (Phi) is 3.79. The lowest BCUT2D eigenvalue weighted by atomic mass is 10.0. The van der Waals surface area contributed by atoms with Crippen LogP contribution in [0.25, 0.3) is 0 Å². The second kappa shape index (κ2) is 5.10. The van der Waals surface area contributed by atoms with Gasteiger partial charge in [-0.25, -0.2) is 0 Å². The van der Waals surface area contributed by atoms with Gasteiger partial charge in [0.05, 0.1) is 6.10 Å². The SMILES string of the molecule is CC1CC(NCC2CCCN2)CCO1. The lowest BCUT2D eigenvalue weighted by molar-refractivity contribution is 0.0131. The van der Waals surface area contributed by atoms with Gasteiger partial charge in [0.15, 0.2) is 0 Å². The number of ether oxygens (including phenoxy) is 1. The summed E-state index contributed by atoms with van der Waals surface area (Å²) in [6, 6.07) is 1.40. The zero-order valence-corrected chi connectivity index (χ0v) is 9.09. The highest BCUT2D eigenvalue weighted by Crippen LogP contribution is 2.13. The first-order valence-electron chi connectivity index (χ1n) is 5.93. The van der Waals surface area contributed by atoms with E-state index in [1.165, 1.54) is 32.2 Å². The number of rotatable bonds is 3. The van der Waals surface area contributed by atoms with E-state index in [9.17, 15) is 0 Å². The third kappa shape index (κ3) is 2.94. The summed E-state index contributed by atoms with van der Waals surface area (Å²) < 4.78 is 5.52. The maximum absolute atomic E-state index is 5.52. The van der Waals surface area contributed by atoms with Crippen LogP contribution in [0.15, 0.2) is 0 Å². The van der Waals surface area contributed by atoms with Gasteiger partial charge in [0.25, 0.3) is 0 Å². The van der Waals surface area contributed by atoms with Crippen LogP contribution in [0.1, 0.15) is 32.6 Å². The van der Waals surface area contributed by atoms with Crippen molar-refractivity contribution in [2.24, 2.45) is 0 Å². The second-order valence-corrected chi connectivity index (χ2v) is 4.60. The van der Waals surface area contributed by atoms with Crippen molar-refractivity contribution in [3.05, 3.63) is 0 Å². The van der Waals surface area contributed by atoms with Crippen LogP contribution < -0.4 is 10.6 Å². The van der Waals surface area contributed by atoms with Crippen molar-refractivity contribution in [3.8, 4) is 0 Å². The standard InChI is InChI=1S/C11H22N2O/c1-9-7-10(4-6-14-9)13-8-11-3-2-5-12-11/h9-13H,2-8H2,1H3. The highest BCUT2D eigenvalue weighted by molar-refractivity contribution is 4.80. The van der Waals surface area contributed by atoms with Crippen LogP contribution in [-0.4, -0.2) is 37.9 Å². The summed E-state index contributed by atoms with van der Waals surface area (Å²) in [5, 5.41) is 7.17. The third-order valence-electron chi connectivity index (χ3n) is 3.30. The molecule has 2 N–H and O–H groups in total. The van der Waals surface area contributed by atoms with Crippen molar-refractivity contribution in [3.63, 3.8) is 0 Å². The molecule has 0 amide bonds. The summed E-state index contributed by atoms with van der Waals surface area (Å²) in [6.07, 6.45) is 5.48. The van der Waals surface area contributed by atoms with Gasteiger partial charge in [-0.1, -0.05) is 0 Å². The largest absolute Gasteiger partial charge is 0.378 e. The minimum absolute atomic E-state index is 0.442. The van der Waals surface area contributed by atoms with Gasteiger partial charge >= 0.3 is 0 Å². The second-order valence-electron chi connectivity index (χ2n) is 4.60. The first-order valence-corrected chi connectivity index (χ1v) is 5.93. The van der Waals surface area contributed by atoms with Crippen LogP contribution in [0.2, 0.25) is 0 Å². The van der Waals surface area contributed by atoms with Crippen LogP contribution in [0, 0.1) is 0 Å². The highest BCUT2D eigenvalue weighted by Gasteiger charge is 2.20. The molecule has 3 nitrogen and oxygen atoms in total. The molecule has 3 unspecified atom stereocenters. The van der Waals surface area contributed by atoms with Crippen LogP contribution in [0.5, 0.6) is 0 Å². The average Bonchev–Trinajstić information content (AvgIpc) is 2.67. The minimum Gasteiger partial charge on any atom is -0.378 e. The Balaban J connectivity index is 1.64. The summed E-state index contributed by atoms with van der Waals surface area (Å²) in [5.41, 5.74) is 0. The van der Waals surface area contributed by atoms with Gasteiger partial charge in [0, 0.05) is 25.2 Å². The Hall–Kier alpha value is -0.120. The molecule has 3 heteroatoms. The normalized spacial score (nSPS) is 38.8. The van der Waals surface area contributed by atoms with Crippen molar-refractivity contribution in [1.82, 2.24) is 10.6 Å². The van der Waals surface area contributed by atoms with Gasteiger partial charge in [-0.3, -0.25) is 0 Å². The quantitative estimate of drug-likeness (QED) is 0.707. The minimum atomic E-state index is 0.442. The summed E-state index contributed by atoms with van der Waals surface area (Å²) in [7, 11) is 0. The van der Waals surface area contributed by atoms with E-state index in [2.05, 4.69) is 17.6 Å². The van der Waals surface area contributed by atoms with Gasteiger partial charge in [-0.15, -0.1) is 0 Å². The fourth-order valence-corrected chi connectivity index (χ4v) is 2.42. The van der Waals surface area contributed by atoms with Gasteiger partial charge in [0.2, 0.25) is 0 Å².